The van der Waals surface area contributed by atoms with Gasteiger partial charge in [-0.15, -0.1) is 0 Å². The maximum atomic E-state index is 13.0. The van der Waals surface area contributed by atoms with E-state index in [4.69, 9.17) is 0 Å². The summed E-state index contributed by atoms with van der Waals surface area (Å²) in [6.07, 6.45) is 1.01. The molecule has 3 aromatic rings. The van der Waals surface area contributed by atoms with Gasteiger partial charge in [-0.25, -0.2) is 14.4 Å². The van der Waals surface area contributed by atoms with Gasteiger partial charge in [0.05, 0.1) is 0 Å². The Hall–Kier alpha value is -2.95. The molecule has 0 radical (unpaired) electrons. The molecule has 0 saturated heterocycles. The quantitative estimate of drug-likeness (QED) is 0.747. The normalized spacial score (nSPS) is 15.8. The van der Waals surface area contributed by atoms with Crippen LogP contribution in [0.25, 0.3) is 0 Å². The molecule has 1 atom stereocenters. The highest BCUT2D eigenvalue weighted by molar-refractivity contribution is 5.70. The molecule has 0 amide bonds. The van der Waals surface area contributed by atoms with Crippen molar-refractivity contribution in [1.82, 2.24) is 9.97 Å². The van der Waals surface area contributed by atoms with Gasteiger partial charge in [-0.1, -0.05) is 30.3 Å². The summed E-state index contributed by atoms with van der Waals surface area (Å²) in [4.78, 5) is 11.4. The van der Waals surface area contributed by atoms with Gasteiger partial charge >= 0.3 is 0 Å². The Morgan fingerprint density at radius 2 is 1.88 bits per heavy atom. The zero-order valence-electron chi connectivity index (χ0n) is 14.9. The number of hydrogen-bond acceptors (Lipinski definition) is 4. The Kier molecular flexibility index (Phi) is 4.29. The number of fused-ring (bicyclic) bond motifs is 1. The molecule has 0 fully saturated rings. The van der Waals surface area contributed by atoms with Crippen LogP contribution in [0.5, 0.6) is 0 Å². The van der Waals surface area contributed by atoms with Gasteiger partial charge in [0.2, 0.25) is 0 Å². The van der Waals surface area contributed by atoms with E-state index in [1.807, 2.05) is 13.0 Å². The van der Waals surface area contributed by atoms with E-state index < -0.39 is 0 Å². The van der Waals surface area contributed by atoms with E-state index in [2.05, 4.69) is 51.4 Å². The molecule has 0 aliphatic carbocycles. The highest BCUT2D eigenvalue weighted by Gasteiger charge is 2.28. The van der Waals surface area contributed by atoms with Gasteiger partial charge in [-0.05, 0) is 49.6 Å². The van der Waals surface area contributed by atoms with E-state index in [0.29, 0.717) is 12.6 Å². The number of rotatable bonds is 4. The second-order valence-electron chi connectivity index (χ2n) is 6.69. The Labute approximate surface area is 152 Å². The lowest BCUT2D eigenvalue weighted by Crippen LogP contribution is -2.25. The molecule has 1 aromatic heterocycles. The third-order valence-electron chi connectivity index (χ3n) is 4.67. The average molecular weight is 348 g/mol. The third kappa shape index (κ3) is 3.25. The van der Waals surface area contributed by atoms with Gasteiger partial charge in [-0.3, -0.25) is 0 Å². The largest absolute Gasteiger partial charge is 0.366 e. The lowest BCUT2D eigenvalue weighted by molar-refractivity contribution is 0.627. The minimum Gasteiger partial charge on any atom is -0.366 e. The lowest BCUT2D eigenvalue weighted by atomic mass is 10.1. The van der Waals surface area contributed by atoms with Gasteiger partial charge < -0.3 is 10.2 Å². The van der Waals surface area contributed by atoms with Crippen LogP contribution in [-0.2, 0) is 13.0 Å². The zero-order chi connectivity index (χ0) is 18.1. The zero-order valence-corrected chi connectivity index (χ0v) is 14.9. The predicted molar refractivity (Wildman–Crippen MR) is 102 cm³/mol. The summed E-state index contributed by atoms with van der Waals surface area (Å²) in [7, 11) is 0. The van der Waals surface area contributed by atoms with Crippen molar-refractivity contribution < 1.29 is 4.39 Å². The van der Waals surface area contributed by atoms with E-state index in [1.54, 1.807) is 12.1 Å². The summed E-state index contributed by atoms with van der Waals surface area (Å²) in [5, 5.41) is 3.32. The van der Waals surface area contributed by atoms with Crippen LogP contribution in [0.15, 0.2) is 54.6 Å². The van der Waals surface area contributed by atoms with Crippen LogP contribution in [0.4, 0.5) is 21.7 Å². The first-order valence-corrected chi connectivity index (χ1v) is 8.81. The van der Waals surface area contributed by atoms with E-state index in [9.17, 15) is 4.39 Å². The van der Waals surface area contributed by atoms with Crippen molar-refractivity contribution in [3.8, 4) is 0 Å². The Bertz CT molecular complexity index is 924. The molecule has 4 rings (SSSR count). The first-order chi connectivity index (χ1) is 12.6. The SMILES string of the molecule is Cc1nc(NCc2ccc(F)cc2)cc(N2c3ccccc3CC2C)n1. The lowest BCUT2D eigenvalue weighted by Gasteiger charge is -2.24. The third-order valence-corrected chi connectivity index (χ3v) is 4.67. The minimum atomic E-state index is -0.226. The summed E-state index contributed by atoms with van der Waals surface area (Å²) >= 11 is 0. The number of hydrogen-bond donors (Lipinski definition) is 1. The summed E-state index contributed by atoms with van der Waals surface area (Å²) < 4.78 is 13.0. The van der Waals surface area contributed by atoms with Crippen LogP contribution in [-0.4, -0.2) is 16.0 Å². The molecule has 5 heteroatoms. The van der Waals surface area contributed by atoms with Gasteiger partial charge in [0.25, 0.3) is 0 Å². The fourth-order valence-electron chi connectivity index (χ4n) is 3.48. The van der Waals surface area contributed by atoms with Crippen LogP contribution < -0.4 is 10.2 Å². The molecule has 0 spiro atoms. The number of nitrogens with one attached hydrogen (secondary N) is 1. The number of halogens is 1. The van der Waals surface area contributed by atoms with E-state index in [1.165, 1.54) is 23.4 Å². The fraction of sp³-hybridized carbons (Fsp3) is 0.238. The van der Waals surface area contributed by atoms with Crippen LogP contribution >= 0.6 is 0 Å². The Morgan fingerprint density at radius 1 is 1.12 bits per heavy atom. The summed E-state index contributed by atoms with van der Waals surface area (Å²) in [6.45, 7) is 4.70. The highest BCUT2D eigenvalue weighted by Crippen LogP contribution is 2.37. The van der Waals surface area contributed by atoms with E-state index in [-0.39, 0.29) is 5.82 Å². The monoisotopic (exact) mass is 348 g/mol. The second-order valence-corrected chi connectivity index (χ2v) is 6.69. The van der Waals surface area contributed by atoms with Gasteiger partial charge in [0.1, 0.15) is 23.3 Å². The van der Waals surface area contributed by atoms with Crippen LogP contribution in [0.2, 0.25) is 0 Å². The Morgan fingerprint density at radius 3 is 2.69 bits per heavy atom. The molecule has 0 saturated carbocycles. The van der Waals surface area contributed by atoms with Crippen LogP contribution in [0, 0.1) is 12.7 Å². The Balaban J connectivity index is 1.59. The first-order valence-electron chi connectivity index (χ1n) is 8.81. The maximum Gasteiger partial charge on any atom is 0.139 e. The smallest absolute Gasteiger partial charge is 0.139 e. The first kappa shape index (κ1) is 16.5. The van der Waals surface area contributed by atoms with Gasteiger partial charge in [0, 0.05) is 24.3 Å². The van der Waals surface area contributed by atoms with Crippen molar-refractivity contribution in [1.29, 1.82) is 0 Å². The molecule has 26 heavy (non-hydrogen) atoms. The van der Waals surface area contributed by atoms with Crippen LogP contribution in [0.3, 0.4) is 0 Å². The number of benzene rings is 2. The predicted octanol–water partition coefficient (Wildman–Crippen LogP) is 4.62. The maximum absolute atomic E-state index is 13.0. The van der Waals surface area contributed by atoms with Crippen molar-refractivity contribution >= 4 is 17.3 Å². The molecule has 132 valence electrons. The van der Waals surface area contributed by atoms with Crippen molar-refractivity contribution in [2.24, 2.45) is 0 Å². The fourth-order valence-corrected chi connectivity index (χ4v) is 3.48. The number of aryl methyl sites for hydroxylation is 1. The second kappa shape index (κ2) is 6.75. The van der Waals surface area contributed by atoms with E-state index in [0.717, 1.165) is 29.4 Å². The molecular formula is C21H21FN4. The van der Waals surface area contributed by atoms with Crippen molar-refractivity contribution in [3.63, 3.8) is 0 Å². The molecule has 1 aliphatic rings. The van der Waals surface area contributed by atoms with Crippen LogP contribution in [0.1, 0.15) is 23.9 Å². The summed E-state index contributed by atoms with van der Waals surface area (Å²) in [5.74, 6) is 2.17. The molecule has 1 unspecified atom stereocenters. The topological polar surface area (TPSA) is 41.1 Å². The molecule has 2 aromatic carbocycles. The highest BCUT2D eigenvalue weighted by atomic mass is 19.1. The molecular weight excluding hydrogens is 327 g/mol. The number of nitrogens with zero attached hydrogens (tertiary/aromatic N) is 3. The molecule has 4 nitrogen and oxygen atoms in total. The average Bonchev–Trinajstić information content (AvgIpc) is 2.96. The molecule has 0 bridgehead atoms. The summed E-state index contributed by atoms with van der Waals surface area (Å²) in [5.41, 5.74) is 3.56. The van der Waals surface area contributed by atoms with Crippen molar-refractivity contribution in [2.45, 2.75) is 32.9 Å². The number of aromatic nitrogens is 2. The number of para-hydroxylation sites is 1. The minimum absolute atomic E-state index is 0.226. The standard InChI is InChI=1S/C21H21FN4/c1-14-11-17-5-3-4-6-19(17)26(14)21-12-20(24-15(2)25-21)23-13-16-7-9-18(22)10-8-16/h3-10,12,14H,11,13H2,1-2H3,(H,23,24,25). The van der Waals surface area contributed by atoms with Gasteiger partial charge in [-0.2, -0.15) is 0 Å². The van der Waals surface area contributed by atoms with Crippen molar-refractivity contribution in [2.75, 3.05) is 10.2 Å². The summed E-state index contributed by atoms with van der Waals surface area (Å²) in [6, 6.07) is 17.3. The number of anilines is 3. The van der Waals surface area contributed by atoms with E-state index >= 15 is 0 Å². The molecule has 1 aliphatic heterocycles. The van der Waals surface area contributed by atoms with Gasteiger partial charge in [0.15, 0.2) is 0 Å². The van der Waals surface area contributed by atoms with Crippen molar-refractivity contribution in [3.05, 3.63) is 77.4 Å². The molecule has 2 heterocycles. The molecule has 1 N–H and O–H groups in total.